The number of benzene rings is 2. The minimum atomic E-state index is -1.12. The van der Waals surface area contributed by atoms with E-state index in [0.29, 0.717) is 5.75 Å². The highest BCUT2D eigenvalue weighted by Gasteiger charge is 2.14. The smallest absolute Gasteiger partial charge is 0.253 e. The highest BCUT2D eigenvalue weighted by molar-refractivity contribution is 6.33. The van der Waals surface area contributed by atoms with Gasteiger partial charge in [0.05, 0.1) is 17.1 Å². The molecule has 0 heterocycles. The molecule has 0 saturated heterocycles. The van der Waals surface area contributed by atoms with Crippen LogP contribution in [-0.4, -0.2) is 19.1 Å². The first-order valence-electron chi connectivity index (χ1n) is 6.18. The first kappa shape index (κ1) is 15.3. The number of ether oxygens (including phenoxy) is 1. The minimum Gasteiger partial charge on any atom is -0.492 e. The second kappa shape index (κ2) is 7.04. The fraction of sp³-hybridized carbons (Fsp3) is 0.133. The van der Waals surface area contributed by atoms with Gasteiger partial charge in [0.1, 0.15) is 12.4 Å². The lowest BCUT2D eigenvalue weighted by Gasteiger charge is -2.09. The molecule has 21 heavy (non-hydrogen) atoms. The third kappa shape index (κ3) is 4.16. The van der Waals surface area contributed by atoms with Crippen LogP contribution in [0.2, 0.25) is 5.02 Å². The maximum absolute atomic E-state index is 13.1. The molecule has 0 fully saturated rings. The number of nitrogens with one attached hydrogen (secondary N) is 1. The molecule has 2 rings (SSSR count). The molecule has 0 saturated carbocycles. The fourth-order valence-electron chi connectivity index (χ4n) is 1.64. The fourth-order valence-corrected chi connectivity index (χ4v) is 1.88. The molecule has 0 aliphatic heterocycles. The molecule has 0 radical (unpaired) electrons. The van der Waals surface area contributed by atoms with Gasteiger partial charge in [-0.05, 0) is 24.3 Å². The Kier molecular flexibility index (Phi) is 5.11. The molecule has 110 valence electrons. The van der Waals surface area contributed by atoms with E-state index in [2.05, 4.69) is 5.32 Å². The number of hydrogen-bond donors (Lipinski definition) is 1. The van der Waals surface area contributed by atoms with Crippen molar-refractivity contribution in [3.63, 3.8) is 0 Å². The van der Waals surface area contributed by atoms with Gasteiger partial charge >= 0.3 is 0 Å². The van der Waals surface area contributed by atoms with Crippen LogP contribution < -0.4 is 10.1 Å². The van der Waals surface area contributed by atoms with Gasteiger partial charge in [0.25, 0.3) is 5.91 Å². The molecule has 0 atom stereocenters. The van der Waals surface area contributed by atoms with Crippen molar-refractivity contribution in [2.24, 2.45) is 0 Å². The number of carbonyl (C=O) groups is 1. The highest BCUT2D eigenvalue weighted by atomic mass is 35.5. The zero-order chi connectivity index (χ0) is 15.2. The summed E-state index contributed by atoms with van der Waals surface area (Å²) in [5.74, 6) is -2.12. The van der Waals surface area contributed by atoms with Gasteiger partial charge in [-0.2, -0.15) is 0 Å². The lowest BCUT2D eigenvalue weighted by atomic mass is 10.2. The van der Waals surface area contributed by atoms with Crippen LogP contribution in [0.25, 0.3) is 0 Å². The van der Waals surface area contributed by atoms with E-state index in [-0.39, 0.29) is 23.7 Å². The molecule has 1 amide bonds. The van der Waals surface area contributed by atoms with Crippen LogP contribution in [0.5, 0.6) is 5.75 Å². The summed E-state index contributed by atoms with van der Waals surface area (Å²) in [6.45, 7) is 0.458. The molecule has 0 spiro atoms. The standard InChI is InChI=1S/C15H12ClF2NO2/c16-12-9-14(18)13(17)8-11(12)15(20)19-6-7-21-10-4-2-1-3-5-10/h1-5,8-9H,6-7H2,(H,19,20). The van der Waals surface area contributed by atoms with Crippen LogP contribution in [0, 0.1) is 11.6 Å². The topological polar surface area (TPSA) is 38.3 Å². The van der Waals surface area contributed by atoms with E-state index in [1.54, 1.807) is 12.1 Å². The van der Waals surface area contributed by atoms with Crippen LogP contribution in [0.3, 0.4) is 0 Å². The summed E-state index contributed by atoms with van der Waals surface area (Å²) in [4.78, 5) is 11.8. The Hall–Kier alpha value is -2.14. The third-order valence-electron chi connectivity index (χ3n) is 2.65. The normalized spacial score (nSPS) is 10.2. The van der Waals surface area contributed by atoms with Crippen LogP contribution in [0.15, 0.2) is 42.5 Å². The molecule has 2 aromatic rings. The van der Waals surface area contributed by atoms with E-state index >= 15 is 0 Å². The lowest BCUT2D eigenvalue weighted by molar-refractivity contribution is 0.0946. The molecule has 1 N–H and O–H groups in total. The average Bonchev–Trinajstić information content (AvgIpc) is 2.48. The summed E-state index contributed by atoms with van der Waals surface area (Å²) in [6.07, 6.45) is 0. The summed E-state index contributed by atoms with van der Waals surface area (Å²) in [5, 5.41) is 2.38. The third-order valence-corrected chi connectivity index (χ3v) is 2.97. The van der Waals surface area contributed by atoms with Crippen LogP contribution >= 0.6 is 11.6 Å². The van der Waals surface area contributed by atoms with Crippen molar-refractivity contribution in [2.45, 2.75) is 0 Å². The number of halogens is 3. The Labute approximate surface area is 125 Å². The van der Waals surface area contributed by atoms with Crippen molar-refractivity contribution in [1.29, 1.82) is 0 Å². The summed E-state index contributed by atoms with van der Waals surface area (Å²) in [6, 6.07) is 10.6. The first-order chi connectivity index (χ1) is 10.1. The molecule has 6 heteroatoms. The van der Waals surface area contributed by atoms with Crippen molar-refractivity contribution in [2.75, 3.05) is 13.2 Å². The highest BCUT2D eigenvalue weighted by Crippen LogP contribution is 2.19. The average molecular weight is 312 g/mol. The molecule has 0 unspecified atom stereocenters. The maximum atomic E-state index is 13.1. The number of rotatable bonds is 5. The van der Waals surface area contributed by atoms with E-state index < -0.39 is 17.5 Å². The quantitative estimate of drug-likeness (QED) is 0.678. The Morgan fingerprint density at radius 3 is 2.52 bits per heavy atom. The van der Waals surface area contributed by atoms with Gasteiger partial charge in [-0.3, -0.25) is 4.79 Å². The first-order valence-corrected chi connectivity index (χ1v) is 6.56. The number of hydrogen-bond acceptors (Lipinski definition) is 2. The second-order valence-corrected chi connectivity index (χ2v) is 4.57. The van der Waals surface area contributed by atoms with Gasteiger partial charge in [-0.25, -0.2) is 8.78 Å². The number of carbonyl (C=O) groups excluding carboxylic acids is 1. The number of para-hydroxylation sites is 1. The lowest BCUT2D eigenvalue weighted by Crippen LogP contribution is -2.28. The largest absolute Gasteiger partial charge is 0.492 e. The summed E-state index contributed by atoms with van der Waals surface area (Å²) >= 11 is 5.71. The van der Waals surface area contributed by atoms with Crippen molar-refractivity contribution in [1.82, 2.24) is 5.32 Å². The van der Waals surface area contributed by atoms with Crippen molar-refractivity contribution >= 4 is 17.5 Å². The van der Waals surface area contributed by atoms with E-state index in [1.807, 2.05) is 18.2 Å². The molecular formula is C15H12ClF2NO2. The minimum absolute atomic E-state index is 0.115. The molecule has 0 aliphatic rings. The molecule has 0 aromatic heterocycles. The monoisotopic (exact) mass is 311 g/mol. The maximum Gasteiger partial charge on any atom is 0.253 e. The van der Waals surface area contributed by atoms with E-state index in [4.69, 9.17) is 16.3 Å². The Bertz CT molecular complexity index is 635. The van der Waals surface area contributed by atoms with E-state index in [1.165, 1.54) is 0 Å². The van der Waals surface area contributed by atoms with Gasteiger partial charge < -0.3 is 10.1 Å². The molecule has 2 aromatic carbocycles. The van der Waals surface area contributed by atoms with E-state index in [9.17, 15) is 13.6 Å². The van der Waals surface area contributed by atoms with Crippen LogP contribution in [0.1, 0.15) is 10.4 Å². The zero-order valence-corrected chi connectivity index (χ0v) is 11.7. The Balaban J connectivity index is 1.86. The Morgan fingerprint density at radius 2 is 1.81 bits per heavy atom. The van der Waals surface area contributed by atoms with Crippen LogP contribution in [0.4, 0.5) is 8.78 Å². The van der Waals surface area contributed by atoms with Gasteiger partial charge in [-0.15, -0.1) is 0 Å². The van der Waals surface area contributed by atoms with Gasteiger partial charge in [-0.1, -0.05) is 29.8 Å². The van der Waals surface area contributed by atoms with Crippen LogP contribution in [-0.2, 0) is 0 Å². The molecule has 0 bridgehead atoms. The van der Waals surface area contributed by atoms with Crippen molar-refractivity contribution in [3.8, 4) is 5.75 Å². The second-order valence-electron chi connectivity index (χ2n) is 4.16. The molecule has 0 aliphatic carbocycles. The zero-order valence-electron chi connectivity index (χ0n) is 10.9. The SMILES string of the molecule is O=C(NCCOc1ccccc1)c1cc(F)c(F)cc1Cl. The van der Waals surface area contributed by atoms with Crippen molar-refractivity contribution in [3.05, 3.63) is 64.7 Å². The summed E-state index contributed by atoms with van der Waals surface area (Å²) < 4.78 is 31.4. The Morgan fingerprint density at radius 1 is 1.14 bits per heavy atom. The predicted molar refractivity (Wildman–Crippen MR) is 75.6 cm³/mol. The van der Waals surface area contributed by atoms with Gasteiger partial charge in [0.2, 0.25) is 0 Å². The molecular weight excluding hydrogens is 300 g/mol. The van der Waals surface area contributed by atoms with E-state index in [0.717, 1.165) is 12.1 Å². The van der Waals surface area contributed by atoms with Gasteiger partial charge in [0, 0.05) is 0 Å². The van der Waals surface area contributed by atoms with Gasteiger partial charge in [0.15, 0.2) is 11.6 Å². The molecule has 3 nitrogen and oxygen atoms in total. The summed E-state index contributed by atoms with van der Waals surface area (Å²) in [7, 11) is 0. The number of amides is 1. The summed E-state index contributed by atoms with van der Waals surface area (Å²) in [5.41, 5.74) is -0.115. The van der Waals surface area contributed by atoms with Crippen molar-refractivity contribution < 1.29 is 18.3 Å². The predicted octanol–water partition coefficient (Wildman–Crippen LogP) is 3.43.